The number of nitrogens with two attached hydrogens (primary N) is 4. The van der Waals surface area contributed by atoms with Gasteiger partial charge in [-0.05, 0) is 79.1 Å². The van der Waals surface area contributed by atoms with Crippen LogP contribution in [0.15, 0.2) is 4.99 Å². The molecule has 18 atom stereocenters. The first-order valence-electron chi connectivity index (χ1n) is 29.6. The largest absolute Gasteiger partial charge is 0.481 e. The first kappa shape index (κ1) is 75.9. The Morgan fingerprint density at radius 3 is 1.67 bits per heavy atom. The number of nitrogens with one attached hydrogen (secondary N) is 8. The van der Waals surface area contributed by atoms with Gasteiger partial charge in [-0.2, -0.15) is 12.6 Å². The van der Waals surface area contributed by atoms with Crippen LogP contribution in [0.5, 0.6) is 0 Å². The molecule has 4 aliphatic rings. The van der Waals surface area contributed by atoms with Gasteiger partial charge in [0.1, 0.15) is 84.8 Å². The second kappa shape index (κ2) is 35.3. The zero-order chi connectivity index (χ0) is 68.3. The molecule has 0 unspecified atom stereocenters. The number of carboxylic acid groups (broad SMARTS) is 1. The summed E-state index contributed by atoms with van der Waals surface area (Å²) in [6, 6.07) is -18.2. The molecule has 0 aromatic heterocycles. The molecule has 12 amide bonds. The molecule has 22 N–H and O–H groups in total. The van der Waals surface area contributed by atoms with Crippen molar-refractivity contribution in [1.29, 1.82) is 0 Å². The summed E-state index contributed by atoms with van der Waals surface area (Å²) < 4.78 is 11.8. The zero-order valence-electron chi connectivity index (χ0n) is 51.1. The minimum atomic E-state index is -2.09. The molecule has 91 heavy (non-hydrogen) atoms. The molecule has 37 nitrogen and oxygen atoms in total. The highest BCUT2D eigenvalue weighted by molar-refractivity contribution is 7.80. The smallest absolute Gasteiger partial charge is 0.305 e. The van der Waals surface area contributed by atoms with E-state index < -0.39 is 206 Å². The van der Waals surface area contributed by atoms with Crippen LogP contribution in [0.25, 0.3) is 0 Å². The van der Waals surface area contributed by atoms with Crippen LogP contribution in [0.4, 0.5) is 0 Å². The number of aliphatic carboxylic acids is 1. The number of aliphatic hydroxyl groups excluding tert-OH is 5. The van der Waals surface area contributed by atoms with Crippen LogP contribution >= 0.6 is 12.6 Å². The molecular weight excluding hydrogens is 1230 g/mol. The van der Waals surface area contributed by atoms with Crippen LogP contribution in [0, 0.1) is 0 Å². The molecule has 4 fully saturated rings. The maximum Gasteiger partial charge on any atom is 0.305 e. The first-order chi connectivity index (χ1) is 42.8. The van der Waals surface area contributed by atoms with Gasteiger partial charge in [0.2, 0.25) is 70.9 Å². The average molecular weight is 1320 g/mol. The number of rotatable bonds is 32. The van der Waals surface area contributed by atoms with E-state index in [9.17, 15) is 93.0 Å². The first-order valence-corrected chi connectivity index (χ1v) is 30.2. The summed E-state index contributed by atoms with van der Waals surface area (Å²) in [7, 11) is 0. The fourth-order valence-electron chi connectivity index (χ4n) is 10.8. The fraction of sp³-hybridized carbons (Fsp3) is 0.736. The third-order valence-electron chi connectivity index (χ3n) is 15.6. The monoisotopic (exact) mass is 1320 g/mol. The second-order valence-corrected chi connectivity index (χ2v) is 23.0. The van der Waals surface area contributed by atoms with E-state index in [-0.39, 0.29) is 76.4 Å². The minimum absolute atomic E-state index is 0.0113. The third-order valence-corrected chi connectivity index (χ3v) is 16.0. The molecule has 512 valence electrons. The second-order valence-electron chi connectivity index (χ2n) is 22.6. The quantitative estimate of drug-likeness (QED) is 0.0129. The molecule has 38 heteroatoms. The zero-order valence-corrected chi connectivity index (χ0v) is 52.0. The van der Waals surface area contributed by atoms with E-state index in [0.29, 0.717) is 12.8 Å². The molecule has 0 saturated carbocycles. The van der Waals surface area contributed by atoms with Gasteiger partial charge in [0, 0.05) is 38.9 Å². The van der Waals surface area contributed by atoms with Crippen molar-refractivity contribution in [2.45, 2.75) is 202 Å². The Labute approximate surface area is 528 Å². The Morgan fingerprint density at radius 2 is 1.15 bits per heavy atom. The summed E-state index contributed by atoms with van der Waals surface area (Å²) in [4.78, 5) is 183. The summed E-state index contributed by atoms with van der Waals surface area (Å²) in [6.07, 6.45) is -10.6. The number of carbonyl (C=O) groups is 13. The number of carboxylic acids is 1. The number of primary amides is 1. The highest BCUT2D eigenvalue weighted by Gasteiger charge is 2.48. The predicted molar refractivity (Wildman–Crippen MR) is 317 cm³/mol. The lowest BCUT2D eigenvalue weighted by atomic mass is 9.96. The average Bonchev–Trinajstić information content (AvgIpc) is 1.84. The Balaban J connectivity index is 1.64. The highest BCUT2D eigenvalue weighted by Crippen LogP contribution is 2.26. The van der Waals surface area contributed by atoms with Crippen molar-refractivity contribution in [2.75, 3.05) is 45.1 Å². The van der Waals surface area contributed by atoms with Crippen LogP contribution in [0.3, 0.4) is 0 Å². The van der Waals surface area contributed by atoms with Crippen LogP contribution in [-0.2, 0) is 71.8 Å². The lowest BCUT2D eigenvalue weighted by Crippen LogP contribution is -2.66. The van der Waals surface area contributed by atoms with Gasteiger partial charge in [0.25, 0.3) is 0 Å². The number of likely N-dealkylation sites (tertiary alicyclic amines) is 3. The molecular formula is C53H88N16O21S. The molecule has 0 aromatic rings. The van der Waals surface area contributed by atoms with Gasteiger partial charge in [-0.25, -0.2) is 0 Å². The summed E-state index contributed by atoms with van der Waals surface area (Å²) in [5, 5.41) is 81.0. The van der Waals surface area contributed by atoms with E-state index >= 15 is 0 Å². The molecule has 0 bridgehead atoms. The normalized spacial score (nSPS) is 24.6. The predicted octanol–water partition coefficient (Wildman–Crippen LogP) is -10.6. The van der Waals surface area contributed by atoms with Crippen LogP contribution in [0.2, 0.25) is 0 Å². The lowest BCUT2D eigenvalue weighted by Gasteiger charge is -2.43. The van der Waals surface area contributed by atoms with Gasteiger partial charge in [-0.15, -0.1) is 0 Å². The van der Waals surface area contributed by atoms with Gasteiger partial charge in [-0.1, -0.05) is 0 Å². The summed E-state index contributed by atoms with van der Waals surface area (Å²) in [6.45, 7) is 3.95. The maximum absolute atomic E-state index is 15.0. The Kier molecular flexibility index (Phi) is 29.4. The number of hydrogen-bond acceptors (Lipinski definition) is 23. The topological polar surface area (TPSA) is 584 Å². The molecule has 4 aliphatic heterocycles. The van der Waals surface area contributed by atoms with Gasteiger partial charge < -0.3 is 120 Å². The van der Waals surface area contributed by atoms with Crippen molar-refractivity contribution in [2.24, 2.45) is 27.9 Å². The van der Waals surface area contributed by atoms with E-state index in [1.165, 1.54) is 18.7 Å². The van der Waals surface area contributed by atoms with Crippen LogP contribution in [-0.4, -0.2) is 283 Å². The van der Waals surface area contributed by atoms with Crippen molar-refractivity contribution >= 4 is 95.4 Å². The molecule has 0 aromatic carbocycles. The number of hydrogen-bond donors (Lipinski definition) is 19. The molecule has 4 rings (SSSR count). The molecule has 0 spiro atoms. The number of ether oxygens (including phenoxy) is 2. The Hall–Kier alpha value is -7.59. The fourth-order valence-corrected chi connectivity index (χ4v) is 10.9. The maximum atomic E-state index is 15.0. The number of thiol groups is 1. The van der Waals surface area contributed by atoms with Gasteiger partial charge in [0.15, 0.2) is 12.2 Å². The number of guanidine groups is 1. The van der Waals surface area contributed by atoms with Gasteiger partial charge in [-0.3, -0.25) is 67.3 Å². The Bertz CT molecular complexity index is 2680. The van der Waals surface area contributed by atoms with E-state index in [0.717, 1.165) is 30.6 Å². The van der Waals surface area contributed by atoms with Gasteiger partial charge >= 0.3 is 5.97 Å². The minimum Gasteiger partial charge on any atom is -0.481 e. The SMILES string of the molecule is CC(=O)N[C@H]1[C@@H](O[C@H](C)[C@H](NC(=O)[C@H](CC(=O)O)NC(=O)[C@@H]2CCCN2C(=O)[C@H](C)NC(=O)[C@H](CO)NC(=O)[C@@H](NC(=O)[C@@H](N)CS)[C@@H](C)O)C(=O)N[C@@H](CCCN=C(N)N)C(=O)N2CCC[C@H]2C(=O)N[C@@H](C)C(=O)N2CCC[C@H]2C(N)=O)O[C@H](CO)[C@H](O)[C@@H]1O. The standard InChI is InChI=1S/C53H88N16O21S/c1-22(59-44(81)30(19-70)64-47(84)36(24(3)72)65-42(79)27(54)21-91)50(87)68-16-8-13-33(68)46(83)63-29(18-35(74)75)43(80)66-37(25(4)89-52-38(61-26(5)73)40(77)39(76)34(20-71)90-52)48(85)62-28(10-6-14-58-53(56)57)51(88)69-17-9-12-32(69)45(82)60-23(2)49(86)67-15-7-11-31(67)41(55)78/h22-25,27-34,36-40,52,70-72,76-77,91H,6-21,54H2,1-5H3,(H2,55,78)(H,59,81)(H,60,82)(H,61,73)(H,62,85)(H,63,83)(H,64,84)(H,65,79)(H,66,80)(H,74,75)(H4,56,57,58)/t22-,23-,24+,25+,27-,28-,29-,30-,31-,32-,33-,34+,36-,37-,38+,39-,40+,52-/m0/s1. The number of amides is 12. The van der Waals surface area contributed by atoms with Crippen molar-refractivity contribution in [1.82, 2.24) is 57.2 Å². The molecule has 0 aliphatic carbocycles. The third kappa shape index (κ3) is 21.0. The van der Waals surface area contributed by atoms with E-state index in [4.69, 9.17) is 32.4 Å². The summed E-state index contributed by atoms with van der Waals surface area (Å²) in [5.74, 6) is -13.6. The summed E-state index contributed by atoms with van der Waals surface area (Å²) in [5.41, 5.74) is 22.3. The highest BCUT2D eigenvalue weighted by atomic mass is 32.1. The lowest BCUT2D eigenvalue weighted by molar-refractivity contribution is -0.281. The van der Waals surface area contributed by atoms with E-state index in [1.54, 1.807) is 0 Å². The van der Waals surface area contributed by atoms with Crippen LogP contribution < -0.4 is 65.5 Å². The van der Waals surface area contributed by atoms with E-state index in [2.05, 4.69) is 60.2 Å². The number of aliphatic imine (C=N–C) groups is 1. The van der Waals surface area contributed by atoms with Gasteiger partial charge in [0.05, 0.1) is 37.9 Å². The van der Waals surface area contributed by atoms with E-state index in [1.807, 2.05) is 0 Å². The van der Waals surface area contributed by atoms with Crippen molar-refractivity contribution < 1.29 is 102 Å². The molecule has 4 heterocycles. The van der Waals surface area contributed by atoms with Crippen LogP contribution in [0.1, 0.15) is 92.4 Å². The number of nitrogens with zero attached hydrogens (tertiary/aromatic N) is 4. The van der Waals surface area contributed by atoms with Crippen molar-refractivity contribution in [3.8, 4) is 0 Å². The number of carbonyl (C=O) groups excluding carboxylic acids is 12. The summed E-state index contributed by atoms with van der Waals surface area (Å²) >= 11 is 3.92. The molecule has 4 saturated heterocycles. The molecule has 0 radical (unpaired) electrons. The Morgan fingerprint density at radius 1 is 0.648 bits per heavy atom. The number of aliphatic hydroxyl groups is 5. The van der Waals surface area contributed by atoms with Crippen molar-refractivity contribution in [3.05, 3.63) is 0 Å². The van der Waals surface area contributed by atoms with Crippen molar-refractivity contribution in [3.63, 3.8) is 0 Å².